The zero-order valence-corrected chi connectivity index (χ0v) is 18.5. The van der Waals surface area contributed by atoms with Gasteiger partial charge in [0.25, 0.3) is 0 Å². The van der Waals surface area contributed by atoms with E-state index in [0.29, 0.717) is 17.9 Å². The van der Waals surface area contributed by atoms with Crippen molar-refractivity contribution < 1.29 is 23.9 Å². The minimum Gasteiger partial charge on any atom is -0.490 e. The number of hydrogen-bond donors (Lipinski definition) is 0. The van der Waals surface area contributed by atoms with Gasteiger partial charge in [-0.2, -0.15) is 0 Å². The topological polar surface area (TPSA) is 90.2 Å². The fraction of sp³-hybridized carbons (Fsp3) is 0.360. The Kier molecular flexibility index (Phi) is 5.68. The van der Waals surface area contributed by atoms with Crippen LogP contribution < -0.4 is 4.74 Å². The molecule has 5 rings (SSSR count). The van der Waals surface area contributed by atoms with Crippen LogP contribution in [0.3, 0.4) is 0 Å². The lowest BCUT2D eigenvalue weighted by Gasteiger charge is -2.26. The van der Waals surface area contributed by atoms with Crippen LogP contribution in [0.5, 0.6) is 5.75 Å². The first-order valence-electron chi connectivity index (χ1n) is 11.4. The molecule has 0 atom stereocenters. The molecule has 1 fully saturated rings. The third-order valence-corrected chi connectivity index (χ3v) is 6.22. The first-order valence-corrected chi connectivity index (χ1v) is 11.4. The van der Waals surface area contributed by atoms with Crippen LogP contribution in [0.4, 0.5) is 0 Å². The lowest BCUT2D eigenvalue weighted by molar-refractivity contribution is 0.0525. The standard InChI is InChI=1S/C25H25N3O5/c1-2-32-25(31)19-18-22(24(30)20-16(23(18)29)8-6-10-26-20)28-13-7-9-17(21(19)28)33-15-14-27-11-4-3-5-12-27/h6-10,13H,2-5,11-12,14-15H2,1H3. The van der Waals surface area contributed by atoms with Crippen LogP contribution in [0.15, 0.2) is 36.7 Å². The summed E-state index contributed by atoms with van der Waals surface area (Å²) in [5.74, 6) is -1.05. The number of aromatic nitrogens is 2. The van der Waals surface area contributed by atoms with E-state index < -0.39 is 17.5 Å². The van der Waals surface area contributed by atoms with E-state index in [1.54, 1.807) is 41.8 Å². The summed E-state index contributed by atoms with van der Waals surface area (Å²) in [5.41, 5.74) is 0.865. The summed E-state index contributed by atoms with van der Waals surface area (Å²) in [6.07, 6.45) is 6.77. The molecule has 33 heavy (non-hydrogen) atoms. The fourth-order valence-electron chi connectivity index (χ4n) is 4.72. The summed E-state index contributed by atoms with van der Waals surface area (Å²) < 4.78 is 13.0. The van der Waals surface area contributed by atoms with Gasteiger partial charge in [0.2, 0.25) is 5.78 Å². The van der Waals surface area contributed by atoms with Gasteiger partial charge in [0.15, 0.2) is 5.78 Å². The summed E-state index contributed by atoms with van der Waals surface area (Å²) in [7, 11) is 0. The van der Waals surface area contributed by atoms with Gasteiger partial charge in [0, 0.05) is 18.9 Å². The molecular formula is C25H25N3O5. The number of ketones is 2. The molecule has 3 aromatic rings. The van der Waals surface area contributed by atoms with E-state index in [9.17, 15) is 14.4 Å². The Morgan fingerprint density at radius 1 is 1.09 bits per heavy atom. The van der Waals surface area contributed by atoms with Gasteiger partial charge in [-0.15, -0.1) is 0 Å². The Morgan fingerprint density at radius 3 is 2.70 bits per heavy atom. The number of likely N-dealkylation sites (tertiary alicyclic amines) is 1. The van der Waals surface area contributed by atoms with E-state index in [1.807, 2.05) is 0 Å². The molecule has 0 unspecified atom stereocenters. The van der Waals surface area contributed by atoms with Crippen molar-refractivity contribution in [1.29, 1.82) is 0 Å². The smallest absolute Gasteiger partial charge is 0.341 e. The number of carbonyl (C=O) groups is 3. The van der Waals surface area contributed by atoms with Crippen molar-refractivity contribution in [3.05, 3.63) is 64.7 Å². The van der Waals surface area contributed by atoms with Gasteiger partial charge in [-0.05, 0) is 57.1 Å². The second-order valence-corrected chi connectivity index (χ2v) is 8.22. The third kappa shape index (κ3) is 3.60. The summed E-state index contributed by atoms with van der Waals surface area (Å²) >= 11 is 0. The molecule has 1 aliphatic carbocycles. The molecule has 0 radical (unpaired) electrons. The Labute approximate surface area is 191 Å². The molecule has 1 saturated heterocycles. The average molecular weight is 447 g/mol. The molecule has 0 saturated carbocycles. The van der Waals surface area contributed by atoms with Crippen LogP contribution in [0.2, 0.25) is 0 Å². The molecule has 4 heterocycles. The molecule has 0 amide bonds. The van der Waals surface area contributed by atoms with Crippen molar-refractivity contribution in [2.45, 2.75) is 26.2 Å². The zero-order valence-electron chi connectivity index (χ0n) is 18.5. The SMILES string of the molecule is CCOC(=O)c1c2c(n3cccc(OCCN4CCCCC4)c13)C(=O)c1ncccc1C2=O. The molecule has 8 heteroatoms. The van der Waals surface area contributed by atoms with Crippen molar-refractivity contribution >= 4 is 23.1 Å². The number of piperidine rings is 1. The van der Waals surface area contributed by atoms with Crippen molar-refractivity contribution in [1.82, 2.24) is 14.3 Å². The Balaban J connectivity index is 1.61. The van der Waals surface area contributed by atoms with Crippen LogP contribution in [0, 0.1) is 0 Å². The first-order chi connectivity index (χ1) is 16.1. The molecule has 0 aromatic carbocycles. The van der Waals surface area contributed by atoms with E-state index in [1.165, 1.54) is 25.5 Å². The first kappa shape index (κ1) is 21.3. The normalized spacial score (nSPS) is 15.9. The second kappa shape index (κ2) is 8.78. The highest BCUT2D eigenvalue weighted by molar-refractivity contribution is 6.31. The van der Waals surface area contributed by atoms with Gasteiger partial charge in [0.05, 0.1) is 17.7 Å². The van der Waals surface area contributed by atoms with Crippen LogP contribution in [-0.4, -0.2) is 64.7 Å². The number of rotatable bonds is 6. The van der Waals surface area contributed by atoms with Gasteiger partial charge in [-0.25, -0.2) is 4.79 Å². The third-order valence-electron chi connectivity index (χ3n) is 6.22. The largest absolute Gasteiger partial charge is 0.490 e. The summed E-state index contributed by atoms with van der Waals surface area (Å²) in [6, 6.07) is 6.65. The number of nitrogens with zero attached hydrogens (tertiary/aromatic N) is 3. The molecule has 1 aliphatic heterocycles. The van der Waals surface area contributed by atoms with Gasteiger partial charge in [-0.3, -0.25) is 19.5 Å². The number of pyridine rings is 2. The molecule has 170 valence electrons. The highest BCUT2D eigenvalue weighted by Gasteiger charge is 2.40. The Hall–Kier alpha value is -3.52. The quantitative estimate of drug-likeness (QED) is 0.420. The van der Waals surface area contributed by atoms with Crippen molar-refractivity contribution in [2.75, 3.05) is 32.8 Å². The van der Waals surface area contributed by atoms with Crippen LogP contribution in [0.25, 0.3) is 5.52 Å². The summed E-state index contributed by atoms with van der Waals surface area (Å²) in [4.78, 5) is 46.3. The summed E-state index contributed by atoms with van der Waals surface area (Å²) in [5, 5.41) is 0. The van der Waals surface area contributed by atoms with E-state index in [4.69, 9.17) is 9.47 Å². The monoisotopic (exact) mass is 447 g/mol. The second-order valence-electron chi connectivity index (χ2n) is 8.22. The maximum Gasteiger partial charge on any atom is 0.341 e. The average Bonchev–Trinajstić information content (AvgIpc) is 3.20. The highest BCUT2D eigenvalue weighted by atomic mass is 16.5. The minimum atomic E-state index is -0.656. The minimum absolute atomic E-state index is 0.0473. The van der Waals surface area contributed by atoms with E-state index >= 15 is 0 Å². The van der Waals surface area contributed by atoms with Gasteiger partial charge in [-0.1, -0.05) is 6.42 Å². The number of esters is 1. The predicted octanol–water partition coefficient (Wildman–Crippen LogP) is 3.15. The zero-order chi connectivity index (χ0) is 22.9. The lowest BCUT2D eigenvalue weighted by atomic mass is 9.89. The number of carbonyl (C=O) groups excluding carboxylic acids is 3. The van der Waals surface area contributed by atoms with E-state index in [0.717, 1.165) is 19.6 Å². The van der Waals surface area contributed by atoms with Gasteiger partial charge in [0.1, 0.15) is 34.8 Å². The van der Waals surface area contributed by atoms with E-state index in [2.05, 4.69) is 9.88 Å². The number of hydrogen-bond acceptors (Lipinski definition) is 7. The van der Waals surface area contributed by atoms with Gasteiger partial charge < -0.3 is 13.9 Å². The fourth-order valence-corrected chi connectivity index (χ4v) is 4.72. The number of ether oxygens (including phenoxy) is 2. The van der Waals surface area contributed by atoms with Crippen molar-refractivity contribution in [2.24, 2.45) is 0 Å². The van der Waals surface area contributed by atoms with Crippen LogP contribution in [0.1, 0.15) is 68.6 Å². The summed E-state index contributed by atoms with van der Waals surface area (Å²) in [6.45, 7) is 5.14. The van der Waals surface area contributed by atoms with Crippen molar-refractivity contribution in [3.8, 4) is 5.75 Å². The molecule has 8 nitrogen and oxygen atoms in total. The van der Waals surface area contributed by atoms with E-state index in [-0.39, 0.29) is 34.7 Å². The van der Waals surface area contributed by atoms with Gasteiger partial charge >= 0.3 is 5.97 Å². The predicted molar refractivity (Wildman–Crippen MR) is 120 cm³/mol. The van der Waals surface area contributed by atoms with Crippen LogP contribution >= 0.6 is 0 Å². The molecular weight excluding hydrogens is 422 g/mol. The van der Waals surface area contributed by atoms with Crippen LogP contribution in [-0.2, 0) is 4.74 Å². The Morgan fingerprint density at radius 2 is 1.91 bits per heavy atom. The maximum atomic E-state index is 13.4. The molecule has 0 spiro atoms. The lowest BCUT2D eigenvalue weighted by Crippen LogP contribution is -2.33. The highest BCUT2D eigenvalue weighted by Crippen LogP contribution is 2.37. The molecule has 0 N–H and O–H groups in total. The molecule has 3 aromatic heterocycles. The molecule has 0 bridgehead atoms. The number of fused-ring (bicyclic) bond motifs is 4. The Bertz CT molecular complexity index is 1260. The molecule has 2 aliphatic rings. The maximum absolute atomic E-state index is 13.4. The van der Waals surface area contributed by atoms with Crippen molar-refractivity contribution in [3.63, 3.8) is 0 Å².